The Morgan fingerprint density at radius 1 is 0.320 bits per heavy atom. The predicted molar refractivity (Wildman–Crippen MR) is 215 cm³/mol. The molecule has 11 aromatic rings. The molecular weight excluding hydrogens is 625 g/mol. The number of hydrogen-bond acceptors (Lipinski definition) is 2. The fraction of sp³-hybridized carbons (Fsp3) is 0. The van der Waals surface area contributed by atoms with Gasteiger partial charge in [0, 0.05) is 30.9 Å². The Balaban J connectivity index is 1.13. The molecule has 2 aromatic heterocycles. The van der Waals surface area contributed by atoms with Crippen molar-refractivity contribution in [2.75, 3.05) is 0 Å². The first kappa shape index (κ1) is 27.7. The molecule has 0 saturated heterocycles. The summed E-state index contributed by atoms with van der Waals surface area (Å²) in [5.74, 6) is 0. The van der Waals surface area contributed by atoms with Gasteiger partial charge in [-0.15, -0.1) is 11.3 Å². The summed E-state index contributed by atoms with van der Waals surface area (Å²) in [5.41, 5.74) is 9.38. The smallest absolute Gasteiger partial charge is 0.136 e. The lowest BCUT2D eigenvalue weighted by atomic mass is 9.85. The van der Waals surface area contributed by atoms with E-state index in [4.69, 9.17) is 4.42 Å². The topological polar surface area (TPSA) is 13.1 Å². The fourth-order valence-corrected chi connectivity index (χ4v) is 9.29. The second-order valence-electron chi connectivity index (χ2n) is 13.2. The van der Waals surface area contributed by atoms with E-state index < -0.39 is 0 Å². The minimum Gasteiger partial charge on any atom is -0.456 e. The van der Waals surface area contributed by atoms with Crippen LogP contribution in [0.3, 0.4) is 0 Å². The van der Waals surface area contributed by atoms with E-state index in [1.165, 1.54) is 96.6 Å². The van der Waals surface area contributed by atoms with Gasteiger partial charge in [-0.25, -0.2) is 0 Å². The van der Waals surface area contributed by atoms with Crippen molar-refractivity contribution in [3.05, 3.63) is 170 Å². The number of furan rings is 1. The van der Waals surface area contributed by atoms with Gasteiger partial charge in [0.1, 0.15) is 11.2 Å². The van der Waals surface area contributed by atoms with Crippen LogP contribution in [0, 0.1) is 0 Å². The molecule has 0 aliphatic rings. The molecule has 0 spiro atoms. The fourth-order valence-electron chi connectivity index (χ4n) is 8.18. The maximum absolute atomic E-state index is 6.23. The number of thiophene rings is 1. The van der Waals surface area contributed by atoms with Crippen LogP contribution in [0.1, 0.15) is 0 Å². The van der Waals surface area contributed by atoms with Gasteiger partial charge in [0.05, 0.1) is 0 Å². The molecule has 0 amide bonds. The number of benzene rings is 9. The van der Waals surface area contributed by atoms with Crippen LogP contribution in [-0.2, 0) is 0 Å². The average molecular weight is 653 g/mol. The van der Waals surface area contributed by atoms with Gasteiger partial charge in [-0.05, 0) is 102 Å². The summed E-state index contributed by atoms with van der Waals surface area (Å²) in [6.07, 6.45) is 0. The van der Waals surface area contributed by atoms with Gasteiger partial charge in [0.25, 0.3) is 0 Å². The standard InChI is InChI=1S/C48H28OS/c1-2-10-29(11-3-1)30-18-20-31(21-19-30)46-34-12-4-6-14-36(34)47(37-15-7-5-13-35(37)46)33-23-25-44-40(27-33)41-26-32-22-24-43-48(39(32)28-45(41)50-44)38-16-8-9-17-42(38)49-43/h1-28H. The summed E-state index contributed by atoms with van der Waals surface area (Å²) in [6.45, 7) is 0. The lowest BCUT2D eigenvalue weighted by Gasteiger charge is -2.18. The van der Waals surface area contributed by atoms with Crippen LogP contribution in [0.2, 0.25) is 0 Å². The van der Waals surface area contributed by atoms with Crippen molar-refractivity contribution < 1.29 is 4.42 Å². The van der Waals surface area contributed by atoms with Gasteiger partial charge < -0.3 is 4.42 Å². The summed E-state index contributed by atoms with van der Waals surface area (Å²) in [5, 5.41) is 12.5. The molecule has 0 radical (unpaired) electrons. The first-order valence-corrected chi connectivity index (χ1v) is 17.9. The van der Waals surface area contributed by atoms with Crippen LogP contribution in [-0.4, -0.2) is 0 Å². The van der Waals surface area contributed by atoms with E-state index >= 15 is 0 Å². The molecule has 0 unspecified atom stereocenters. The lowest BCUT2D eigenvalue weighted by Crippen LogP contribution is -1.91. The Labute approximate surface area is 292 Å². The van der Waals surface area contributed by atoms with Crippen LogP contribution in [0.4, 0.5) is 0 Å². The molecular formula is C48H28OS. The molecule has 0 N–H and O–H groups in total. The summed E-state index contributed by atoms with van der Waals surface area (Å²) < 4.78 is 8.83. The second-order valence-corrected chi connectivity index (χ2v) is 14.3. The summed E-state index contributed by atoms with van der Waals surface area (Å²) >= 11 is 1.87. The van der Waals surface area contributed by atoms with Gasteiger partial charge in [0.15, 0.2) is 0 Å². The van der Waals surface area contributed by atoms with Gasteiger partial charge in [0.2, 0.25) is 0 Å². The Morgan fingerprint density at radius 3 is 1.60 bits per heavy atom. The van der Waals surface area contributed by atoms with Crippen molar-refractivity contribution in [3.63, 3.8) is 0 Å². The second kappa shape index (κ2) is 10.6. The van der Waals surface area contributed by atoms with Crippen LogP contribution < -0.4 is 0 Å². The molecule has 0 saturated carbocycles. The van der Waals surface area contributed by atoms with Crippen LogP contribution in [0.5, 0.6) is 0 Å². The average Bonchev–Trinajstić information content (AvgIpc) is 3.74. The minimum atomic E-state index is 0.936. The van der Waals surface area contributed by atoms with Crippen molar-refractivity contribution in [1.82, 2.24) is 0 Å². The van der Waals surface area contributed by atoms with Crippen molar-refractivity contribution in [1.29, 1.82) is 0 Å². The third-order valence-corrected chi connectivity index (χ3v) is 11.6. The van der Waals surface area contributed by atoms with E-state index in [0.717, 1.165) is 11.2 Å². The normalized spacial score (nSPS) is 12.0. The highest BCUT2D eigenvalue weighted by Crippen LogP contribution is 2.46. The SMILES string of the molecule is c1ccc(-c2ccc(-c3c4ccccc4c(-c4ccc5sc6cc7c(ccc8oc9ccccc9c87)cc6c5c4)c4ccccc34)cc2)cc1. The van der Waals surface area contributed by atoms with Crippen LogP contribution in [0.25, 0.3) is 108 Å². The first-order chi connectivity index (χ1) is 24.8. The van der Waals surface area contributed by atoms with Gasteiger partial charge in [-0.3, -0.25) is 0 Å². The van der Waals surface area contributed by atoms with Crippen molar-refractivity contribution in [3.8, 4) is 33.4 Å². The highest BCUT2D eigenvalue weighted by Gasteiger charge is 2.18. The van der Waals surface area contributed by atoms with E-state index in [1.54, 1.807) is 0 Å². The number of fused-ring (bicyclic) bond motifs is 10. The maximum Gasteiger partial charge on any atom is 0.136 e. The Bertz CT molecular complexity index is 3070. The largest absolute Gasteiger partial charge is 0.456 e. The molecule has 9 aromatic carbocycles. The molecule has 0 fully saturated rings. The first-order valence-electron chi connectivity index (χ1n) is 17.1. The monoisotopic (exact) mass is 652 g/mol. The molecule has 0 aliphatic carbocycles. The number of rotatable bonds is 3. The third kappa shape index (κ3) is 4.06. The Morgan fingerprint density at radius 2 is 0.880 bits per heavy atom. The highest BCUT2D eigenvalue weighted by molar-refractivity contribution is 7.25. The van der Waals surface area contributed by atoms with Crippen molar-refractivity contribution >= 4 is 85.8 Å². The maximum atomic E-state index is 6.23. The molecule has 2 heterocycles. The van der Waals surface area contributed by atoms with E-state index in [-0.39, 0.29) is 0 Å². The Kier molecular flexibility index (Phi) is 5.89. The number of hydrogen-bond donors (Lipinski definition) is 0. The van der Waals surface area contributed by atoms with Gasteiger partial charge in [-0.2, -0.15) is 0 Å². The summed E-state index contributed by atoms with van der Waals surface area (Å²) in [7, 11) is 0. The molecule has 1 nitrogen and oxygen atoms in total. The van der Waals surface area contributed by atoms with E-state index in [0.29, 0.717) is 0 Å². The van der Waals surface area contributed by atoms with E-state index in [2.05, 4.69) is 164 Å². The molecule has 11 rings (SSSR count). The van der Waals surface area contributed by atoms with E-state index in [9.17, 15) is 0 Å². The zero-order valence-electron chi connectivity index (χ0n) is 27.0. The number of para-hydroxylation sites is 1. The quantitative estimate of drug-likeness (QED) is 0.173. The zero-order valence-corrected chi connectivity index (χ0v) is 27.8. The molecule has 0 atom stereocenters. The molecule has 50 heavy (non-hydrogen) atoms. The molecule has 232 valence electrons. The Hall–Kier alpha value is -6.22. The van der Waals surface area contributed by atoms with Crippen LogP contribution >= 0.6 is 11.3 Å². The van der Waals surface area contributed by atoms with Crippen molar-refractivity contribution in [2.45, 2.75) is 0 Å². The highest BCUT2D eigenvalue weighted by atomic mass is 32.1. The summed E-state index contributed by atoms with van der Waals surface area (Å²) in [6, 6.07) is 62.0. The zero-order chi connectivity index (χ0) is 32.8. The predicted octanol–water partition coefficient (Wildman–Crippen LogP) is 14.4. The van der Waals surface area contributed by atoms with Crippen LogP contribution in [0.15, 0.2) is 174 Å². The minimum absolute atomic E-state index is 0.936. The van der Waals surface area contributed by atoms with Crippen molar-refractivity contribution in [2.24, 2.45) is 0 Å². The summed E-state index contributed by atoms with van der Waals surface area (Å²) in [4.78, 5) is 0. The lowest BCUT2D eigenvalue weighted by molar-refractivity contribution is 0.669. The van der Waals surface area contributed by atoms with Gasteiger partial charge in [-0.1, -0.05) is 133 Å². The molecule has 0 aliphatic heterocycles. The van der Waals surface area contributed by atoms with Gasteiger partial charge >= 0.3 is 0 Å². The molecule has 2 heteroatoms. The van der Waals surface area contributed by atoms with E-state index in [1.807, 2.05) is 17.4 Å². The molecule has 0 bridgehead atoms. The third-order valence-electron chi connectivity index (χ3n) is 10.4.